The minimum Gasteiger partial charge on any atom is -0.493 e. The van der Waals surface area contributed by atoms with Crippen LogP contribution in [0.4, 0.5) is 4.79 Å². The van der Waals surface area contributed by atoms with Crippen LogP contribution in [0, 0.1) is 12.8 Å². The third-order valence-corrected chi connectivity index (χ3v) is 4.23. The van der Waals surface area contributed by atoms with Crippen molar-refractivity contribution in [2.24, 2.45) is 5.92 Å². The van der Waals surface area contributed by atoms with Gasteiger partial charge in [-0.05, 0) is 25.0 Å². The van der Waals surface area contributed by atoms with Crippen molar-refractivity contribution in [1.29, 1.82) is 0 Å². The Labute approximate surface area is 147 Å². The second-order valence-electron chi connectivity index (χ2n) is 6.23. The third kappa shape index (κ3) is 5.63. The molecule has 1 aliphatic rings. The Morgan fingerprint density at radius 2 is 2.16 bits per heavy atom. The molecule has 0 aliphatic carbocycles. The lowest BCUT2D eigenvalue weighted by atomic mass is 10.1. The minimum absolute atomic E-state index is 0.241. The summed E-state index contributed by atoms with van der Waals surface area (Å²) in [5.74, 6) is -0.563. The normalized spacial score (nSPS) is 16.7. The van der Waals surface area contributed by atoms with Crippen LogP contribution >= 0.6 is 0 Å². The molecule has 0 aromatic heterocycles. The topological polar surface area (TPSA) is 88.1 Å². The second-order valence-corrected chi connectivity index (χ2v) is 6.23. The van der Waals surface area contributed by atoms with Crippen molar-refractivity contribution in [2.75, 3.05) is 33.4 Å². The van der Waals surface area contributed by atoms with Gasteiger partial charge in [-0.1, -0.05) is 12.1 Å². The van der Waals surface area contributed by atoms with Crippen LogP contribution < -0.4 is 10.1 Å². The van der Waals surface area contributed by atoms with Gasteiger partial charge in [0.2, 0.25) is 0 Å². The van der Waals surface area contributed by atoms with Crippen molar-refractivity contribution in [1.82, 2.24) is 10.2 Å². The standard InChI is InChI=1S/C18H26N2O5/c1-13-4-5-14(16(10-13)25-9-3-8-24-2)11-19-18(23)20-7-6-15(12-20)17(21)22/h4-5,10,15H,3,6-9,11-12H2,1-2H3,(H,19,23)(H,21,22). The van der Waals surface area contributed by atoms with Crippen LogP contribution in [0.2, 0.25) is 0 Å². The fourth-order valence-corrected chi connectivity index (χ4v) is 2.76. The van der Waals surface area contributed by atoms with Crippen LogP contribution in [0.15, 0.2) is 18.2 Å². The van der Waals surface area contributed by atoms with Gasteiger partial charge in [0, 0.05) is 45.3 Å². The first kappa shape index (κ1) is 19.1. The quantitative estimate of drug-likeness (QED) is 0.701. The van der Waals surface area contributed by atoms with Crippen molar-refractivity contribution < 1.29 is 24.2 Å². The fourth-order valence-electron chi connectivity index (χ4n) is 2.76. The van der Waals surface area contributed by atoms with Crippen molar-refractivity contribution in [3.05, 3.63) is 29.3 Å². The molecule has 2 rings (SSSR count). The molecule has 25 heavy (non-hydrogen) atoms. The SMILES string of the molecule is COCCCOc1cc(C)ccc1CNC(=O)N1CCC(C(=O)O)C1. The van der Waals surface area contributed by atoms with Gasteiger partial charge in [-0.15, -0.1) is 0 Å². The molecule has 1 unspecified atom stereocenters. The van der Waals surface area contributed by atoms with Crippen molar-refractivity contribution in [3.8, 4) is 5.75 Å². The summed E-state index contributed by atoms with van der Waals surface area (Å²) < 4.78 is 10.8. The molecule has 1 aromatic rings. The van der Waals surface area contributed by atoms with Crippen LogP contribution in [0.5, 0.6) is 5.75 Å². The maximum atomic E-state index is 12.2. The first-order valence-corrected chi connectivity index (χ1v) is 8.48. The first-order chi connectivity index (χ1) is 12.0. The highest BCUT2D eigenvalue weighted by Gasteiger charge is 2.30. The van der Waals surface area contributed by atoms with E-state index in [0.717, 1.165) is 23.3 Å². The number of nitrogens with one attached hydrogen (secondary N) is 1. The fraction of sp³-hybridized carbons (Fsp3) is 0.556. The first-order valence-electron chi connectivity index (χ1n) is 8.48. The molecule has 1 aliphatic heterocycles. The molecule has 7 nitrogen and oxygen atoms in total. The zero-order valence-electron chi connectivity index (χ0n) is 14.8. The molecular weight excluding hydrogens is 324 g/mol. The predicted octanol–water partition coefficient (Wildman–Crippen LogP) is 2.03. The molecular formula is C18H26N2O5. The monoisotopic (exact) mass is 350 g/mol. The van der Waals surface area contributed by atoms with E-state index in [9.17, 15) is 9.59 Å². The van der Waals surface area contributed by atoms with E-state index in [2.05, 4.69) is 5.32 Å². The molecule has 2 amide bonds. The molecule has 1 aromatic carbocycles. The number of rotatable bonds is 8. The smallest absolute Gasteiger partial charge is 0.317 e. The molecule has 138 valence electrons. The lowest BCUT2D eigenvalue weighted by Gasteiger charge is -2.18. The van der Waals surface area contributed by atoms with Gasteiger partial charge in [-0.25, -0.2) is 4.79 Å². The molecule has 1 atom stereocenters. The number of carboxylic acids is 1. The number of amides is 2. The summed E-state index contributed by atoms with van der Waals surface area (Å²) in [4.78, 5) is 24.8. The minimum atomic E-state index is -0.847. The Balaban J connectivity index is 1.89. The number of benzene rings is 1. The molecule has 0 spiro atoms. The largest absolute Gasteiger partial charge is 0.493 e. The Morgan fingerprint density at radius 1 is 1.36 bits per heavy atom. The lowest BCUT2D eigenvalue weighted by molar-refractivity contribution is -0.141. The molecule has 0 radical (unpaired) electrons. The maximum Gasteiger partial charge on any atom is 0.317 e. The highest BCUT2D eigenvalue weighted by atomic mass is 16.5. The van der Waals surface area contributed by atoms with Gasteiger partial charge < -0.3 is 24.8 Å². The summed E-state index contributed by atoms with van der Waals surface area (Å²) >= 11 is 0. The summed E-state index contributed by atoms with van der Waals surface area (Å²) in [6, 6.07) is 5.62. The molecule has 2 N–H and O–H groups in total. The van der Waals surface area contributed by atoms with Gasteiger partial charge in [0.25, 0.3) is 0 Å². The number of carbonyl (C=O) groups excluding carboxylic acids is 1. The molecule has 1 saturated heterocycles. The number of hydrogen-bond acceptors (Lipinski definition) is 4. The predicted molar refractivity (Wildman–Crippen MR) is 92.7 cm³/mol. The molecule has 1 heterocycles. The van der Waals surface area contributed by atoms with Crippen LogP contribution in [-0.2, 0) is 16.1 Å². The number of urea groups is 1. The van der Waals surface area contributed by atoms with Gasteiger partial charge in [0.15, 0.2) is 0 Å². The maximum absolute atomic E-state index is 12.2. The van der Waals surface area contributed by atoms with Crippen molar-refractivity contribution in [3.63, 3.8) is 0 Å². The number of aryl methyl sites for hydroxylation is 1. The van der Waals surface area contributed by atoms with E-state index in [0.29, 0.717) is 32.7 Å². The summed E-state index contributed by atoms with van der Waals surface area (Å²) in [5, 5.41) is 11.9. The number of aliphatic carboxylic acids is 1. The summed E-state index contributed by atoms with van der Waals surface area (Å²) in [6.45, 7) is 4.24. The molecule has 7 heteroatoms. The number of ether oxygens (including phenoxy) is 2. The Kier molecular flexibility index (Phi) is 7.06. The van der Waals surface area contributed by atoms with Gasteiger partial charge >= 0.3 is 12.0 Å². The molecule has 0 bridgehead atoms. The number of nitrogens with zero attached hydrogens (tertiary/aromatic N) is 1. The van der Waals surface area contributed by atoms with E-state index in [4.69, 9.17) is 14.6 Å². The van der Waals surface area contributed by atoms with Crippen LogP contribution in [0.3, 0.4) is 0 Å². The van der Waals surface area contributed by atoms with Gasteiger partial charge in [0.05, 0.1) is 12.5 Å². The summed E-state index contributed by atoms with van der Waals surface area (Å²) in [5.41, 5.74) is 1.98. The van der Waals surface area contributed by atoms with E-state index in [-0.39, 0.29) is 12.6 Å². The van der Waals surface area contributed by atoms with E-state index < -0.39 is 11.9 Å². The van der Waals surface area contributed by atoms with E-state index in [1.807, 2.05) is 25.1 Å². The zero-order valence-corrected chi connectivity index (χ0v) is 14.8. The van der Waals surface area contributed by atoms with Gasteiger partial charge in [-0.3, -0.25) is 4.79 Å². The number of likely N-dealkylation sites (tertiary alicyclic amines) is 1. The van der Waals surface area contributed by atoms with Crippen LogP contribution in [0.1, 0.15) is 24.0 Å². The van der Waals surface area contributed by atoms with Gasteiger partial charge in [-0.2, -0.15) is 0 Å². The number of carbonyl (C=O) groups is 2. The summed E-state index contributed by atoms with van der Waals surface area (Å²) in [7, 11) is 1.65. The highest BCUT2D eigenvalue weighted by molar-refractivity contribution is 5.77. The average molecular weight is 350 g/mol. The Bertz CT molecular complexity index is 605. The summed E-state index contributed by atoms with van der Waals surface area (Å²) in [6.07, 6.45) is 1.29. The molecule has 0 saturated carbocycles. The average Bonchev–Trinajstić information content (AvgIpc) is 3.08. The number of carboxylic acid groups (broad SMARTS) is 1. The zero-order chi connectivity index (χ0) is 18.2. The van der Waals surface area contributed by atoms with Gasteiger partial charge in [0.1, 0.15) is 5.75 Å². The van der Waals surface area contributed by atoms with Crippen LogP contribution in [-0.4, -0.2) is 55.4 Å². The van der Waals surface area contributed by atoms with Crippen molar-refractivity contribution in [2.45, 2.75) is 26.3 Å². The number of hydrogen-bond donors (Lipinski definition) is 2. The molecule has 1 fully saturated rings. The second kappa shape index (κ2) is 9.27. The van der Waals surface area contributed by atoms with E-state index >= 15 is 0 Å². The van der Waals surface area contributed by atoms with Crippen LogP contribution in [0.25, 0.3) is 0 Å². The van der Waals surface area contributed by atoms with E-state index in [1.165, 1.54) is 0 Å². The Hall–Kier alpha value is -2.28. The third-order valence-electron chi connectivity index (χ3n) is 4.23. The Morgan fingerprint density at radius 3 is 2.84 bits per heavy atom. The lowest BCUT2D eigenvalue weighted by Crippen LogP contribution is -2.38. The van der Waals surface area contributed by atoms with E-state index in [1.54, 1.807) is 12.0 Å². The highest BCUT2D eigenvalue weighted by Crippen LogP contribution is 2.21. The number of methoxy groups -OCH3 is 1. The van der Waals surface area contributed by atoms with Crippen molar-refractivity contribution >= 4 is 12.0 Å².